The molecule has 0 fully saturated rings. The molecular weight excluding hydrogens is 303 g/mol. The first-order chi connectivity index (χ1) is 9.20. The molecule has 0 aromatic heterocycles. The van der Waals surface area contributed by atoms with Gasteiger partial charge in [-0.3, -0.25) is 14.9 Å². The summed E-state index contributed by atoms with van der Waals surface area (Å²) in [5.41, 5.74) is -1.72. The number of nitro groups is 1. The van der Waals surface area contributed by atoms with Crippen molar-refractivity contribution in [3.63, 3.8) is 0 Å². The molecule has 106 valence electrons. The number of hydrogen-bond donors (Lipinski definition) is 0. The minimum Gasteiger partial charge on any atom is -0.272 e. The van der Waals surface area contributed by atoms with Gasteiger partial charge in [-0.15, -0.1) is 0 Å². The normalized spacial score (nSPS) is 15.5. The number of alkyl halides is 3. The van der Waals surface area contributed by atoms with Crippen LogP contribution in [0.5, 0.6) is 0 Å². The number of anilines is 1. The summed E-state index contributed by atoms with van der Waals surface area (Å²) in [5, 5.41) is 13.9. The Morgan fingerprint density at radius 2 is 2.05 bits per heavy atom. The molecule has 20 heavy (non-hydrogen) atoms. The number of rotatable bonds is 2. The van der Waals surface area contributed by atoms with Crippen LogP contribution in [0.3, 0.4) is 0 Å². The molecule has 1 aliphatic heterocycles. The zero-order valence-corrected chi connectivity index (χ0v) is 10.3. The molecule has 6 nitrogen and oxygen atoms in total. The highest BCUT2D eigenvalue weighted by Crippen LogP contribution is 2.34. The number of carbonyl (C=O) groups is 1. The first-order valence-electron chi connectivity index (χ1n) is 5.11. The van der Waals surface area contributed by atoms with Gasteiger partial charge >= 0.3 is 6.18 Å². The van der Waals surface area contributed by atoms with Crippen LogP contribution in [-0.2, 0) is 4.79 Å². The highest BCUT2D eigenvalue weighted by Gasteiger charge is 2.43. The van der Waals surface area contributed by atoms with Gasteiger partial charge in [0.15, 0.2) is 5.71 Å². The maximum absolute atomic E-state index is 12.5. The molecule has 1 aliphatic rings. The predicted octanol–water partition coefficient (Wildman–Crippen LogP) is 2.90. The third-order valence-corrected chi connectivity index (χ3v) is 2.78. The zero-order chi connectivity index (χ0) is 15.1. The van der Waals surface area contributed by atoms with Crippen LogP contribution >= 0.6 is 11.6 Å². The number of hydrazone groups is 1. The molecule has 1 amide bonds. The van der Waals surface area contributed by atoms with Crippen molar-refractivity contribution in [2.75, 3.05) is 5.01 Å². The van der Waals surface area contributed by atoms with Gasteiger partial charge < -0.3 is 0 Å². The third kappa shape index (κ3) is 2.57. The summed E-state index contributed by atoms with van der Waals surface area (Å²) >= 11 is 5.73. The van der Waals surface area contributed by atoms with E-state index in [-0.39, 0.29) is 16.4 Å². The van der Waals surface area contributed by atoms with Crippen molar-refractivity contribution in [2.24, 2.45) is 5.10 Å². The van der Waals surface area contributed by atoms with E-state index in [2.05, 4.69) is 5.10 Å². The average Bonchev–Trinajstić information content (AvgIpc) is 2.71. The van der Waals surface area contributed by atoms with E-state index in [1.54, 1.807) is 0 Å². The molecule has 0 saturated heterocycles. The van der Waals surface area contributed by atoms with Crippen molar-refractivity contribution in [1.29, 1.82) is 0 Å². The van der Waals surface area contributed by atoms with Crippen LogP contribution in [0.2, 0.25) is 5.02 Å². The van der Waals surface area contributed by atoms with Gasteiger partial charge in [0, 0.05) is 12.1 Å². The van der Waals surface area contributed by atoms with Crippen molar-refractivity contribution >= 4 is 34.6 Å². The van der Waals surface area contributed by atoms with E-state index in [1.165, 1.54) is 0 Å². The molecule has 0 aliphatic carbocycles. The van der Waals surface area contributed by atoms with Crippen LogP contribution in [0.4, 0.5) is 24.5 Å². The summed E-state index contributed by atoms with van der Waals surface area (Å²) in [6.07, 6.45) is -5.60. The summed E-state index contributed by atoms with van der Waals surface area (Å²) in [5.74, 6) is -0.909. The zero-order valence-electron chi connectivity index (χ0n) is 9.52. The monoisotopic (exact) mass is 307 g/mol. The lowest BCUT2D eigenvalue weighted by molar-refractivity contribution is -0.384. The molecule has 0 atom stereocenters. The number of amides is 1. The molecule has 1 heterocycles. The first kappa shape index (κ1) is 14.3. The molecule has 0 bridgehead atoms. The average molecular weight is 308 g/mol. The largest absolute Gasteiger partial charge is 0.431 e. The number of halogens is 4. The lowest BCUT2D eigenvalue weighted by Crippen LogP contribution is -2.22. The highest BCUT2D eigenvalue weighted by molar-refractivity contribution is 6.34. The fraction of sp³-hybridized carbons (Fsp3) is 0.200. The molecule has 0 N–H and O–H groups in total. The SMILES string of the molecule is O=C1CC(C(F)(F)F)=NN1c1ccc([N+](=O)[O-])cc1Cl. The van der Waals surface area contributed by atoms with E-state index in [0.717, 1.165) is 18.2 Å². The van der Waals surface area contributed by atoms with Crippen LogP contribution < -0.4 is 5.01 Å². The van der Waals surface area contributed by atoms with Crippen molar-refractivity contribution in [2.45, 2.75) is 12.6 Å². The molecule has 10 heteroatoms. The van der Waals surface area contributed by atoms with E-state index in [4.69, 9.17) is 11.6 Å². The van der Waals surface area contributed by atoms with Gasteiger partial charge in [0.2, 0.25) is 0 Å². The first-order valence-corrected chi connectivity index (χ1v) is 5.49. The molecule has 0 spiro atoms. The van der Waals surface area contributed by atoms with E-state index < -0.39 is 29.1 Å². The Morgan fingerprint density at radius 3 is 2.50 bits per heavy atom. The Morgan fingerprint density at radius 1 is 1.40 bits per heavy atom. The third-order valence-electron chi connectivity index (χ3n) is 2.47. The quantitative estimate of drug-likeness (QED) is 0.622. The fourth-order valence-electron chi connectivity index (χ4n) is 1.56. The van der Waals surface area contributed by atoms with Crippen LogP contribution in [0.1, 0.15) is 6.42 Å². The van der Waals surface area contributed by atoms with Gasteiger partial charge in [-0.2, -0.15) is 23.3 Å². The minimum atomic E-state index is -4.71. The summed E-state index contributed by atoms with van der Waals surface area (Å²) in [7, 11) is 0. The second-order valence-corrected chi connectivity index (χ2v) is 4.23. The van der Waals surface area contributed by atoms with Crippen molar-refractivity contribution in [1.82, 2.24) is 0 Å². The summed E-state index contributed by atoms with van der Waals surface area (Å²) < 4.78 is 37.4. The Hall–Kier alpha value is -2.16. The van der Waals surface area contributed by atoms with Gasteiger partial charge in [0.25, 0.3) is 11.6 Å². The Labute approximate surface area is 114 Å². The highest BCUT2D eigenvalue weighted by atomic mass is 35.5. The molecule has 2 rings (SSSR count). The number of nitrogens with zero attached hydrogens (tertiary/aromatic N) is 3. The van der Waals surface area contributed by atoms with Crippen LogP contribution in [-0.4, -0.2) is 22.7 Å². The number of nitro benzene ring substituents is 1. The lowest BCUT2D eigenvalue weighted by atomic mass is 10.2. The topological polar surface area (TPSA) is 75.8 Å². The Kier molecular flexibility index (Phi) is 3.38. The fourth-order valence-corrected chi connectivity index (χ4v) is 1.81. The summed E-state index contributed by atoms with van der Waals surface area (Å²) in [4.78, 5) is 21.3. The van der Waals surface area contributed by atoms with Gasteiger partial charge in [-0.05, 0) is 6.07 Å². The summed E-state index contributed by atoms with van der Waals surface area (Å²) in [6, 6.07) is 3.03. The van der Waals surface area contributed by atoms with Gasteiger partial charge in [-0.1, -0.05) is 11.6 Å². The number of carbonyl (C=O) groups excluding carboxylic acids is 1. The maximum Gasteiger partial charge on any atom is 0.431 e. The smallest absolute Gasteiger partial charge is 0.272 e. The second kappa shape index (κ2) is 4.75. The molecule has 1 aromatic rings. The second-order valence-electron chi connectivity index (χ2n) is 3.82. The number of hydrogen-bond acceptors (Lipinski definition) is 4. The van der Waals surface area contributed by atoms with Crippen LogP contribution in [0.25, 0.3) is 0 Å². The maximum atomic E-state index is 12.5. The van der Waals surface area contributed by atoms with E-state index in [1.807, 2.05) is 0 Å². The number of non-ortho nitro benzene ring substituents is 1. The Bertz CT molecular complexity index is 630. The van der Waals surface area contributed by atoms with Gasteiger partial charge in [-0.25, -0.2) is 0 Å². The van der Waals surface area contributed by atoms with Gasteiger partial charge in [0.05, 0.1) is 22.1 Å². The van der Waals surface area contributed by atoms with Crippen molar-refractivity contribution < 1.29 is 22.9 Å². The molecule has 0 radical (unpaired) electrons. The van der Waals surface area contributed by atoms with Gasteiger partial charge in [0.1, 0.15) is 0 Å². The Balaban J connectivity index is 2.40. The van der Waals surface area contributed by atoms with Crippen LogP contribution in [0, 0.1) is 10.1 Å². The van der Waals surface area contributed by atoms with Crippen molar-refractivity contribution in [3.8, 4) is 0 Å². The van der Waals surface area contributed by atoms with E-state index >= 15 is 0 Å². The standard InChI is InChI=1S/C10H5ClF3N3O3/c11-6-3-5(17(19)20)1-2-7(6)16-9(18)4-8(15-16)10(12,13)14/h1-3H,4H2. The molecular formula is C10H5ClF3N3O3. The molecule has 0 saturated carbocycles. The molecule has 1 aromatic carbocycles. The number of benzene rings is 1. The molecule has 0 unspecified atom stereocenters. The van der Waals surface area contributed by atoms with Crippen LogP contribution in [0.15, 0.2) is 23.3 Å². The van der Waals surface area contributed by atoms with E-state index in [0.29, 0.717) is 5.01 Å². The van der Waals surface area contributed by atoms with E-state index in [9.17, 15) is 28.1 Å². The predicted molar refractivity (Wildman–Crippen MR) is 63.7 cm³/mol. The summed E-state index contributed by atoms with van der Waals surface area (Å²) in [6.45, 7) is 0. The van der Waals surface area contributed by atoms with Crippen molar-refractivity contribution in [3.05, 3.63) is 33.3 Å². The minimum absolute atomic E-state index is 0.137. The lowest BCUT2D eigenvalue weighted by Gasteiger charge is -2.12.